The maximum Gasteiger partial charge on any atom is 0.0662 e. The van der Waals surface area contributed by atoms with E-state index in [4.69, 9.17) is 10.5 Å². The van der Waals surface area contributed by atoms with Gasteiger partial charge < -0.3 is 10.5 Å². The van der Waals surface area contributed by atoms with Gasteiger partial charge in [0.2, 0.25) is 0 Å². The molecule has 0 amide bonds. The lowest BCUT2D eigenvalue weighted by Gasteiger charge is -2.16. The van der Waals surface area contributed by atoms with Gasteiger partial charge in [-0.05, 0) is 30.9 Å². The Morgan fingerprint density at radius 2 is 1.82 bits per heavy atom. The minimum Gasteiger partial charge on any atom is -0.377 e. The molecule has 2 nitrogen and oxygen atoms in total. The lowest BCUT2D eigenvalue weighted by molar-refractivity contribution is 0.0539. The fraction of sp³-hybridized carbons (Fsp3) is 0.600. The second kappa shape index (κ2) is 7.46. The van der Waals surface area contributed by atoms with Gasteiger partial charge in [-0.15, -0.1) is 0 Å². The van der Waals surface area contributed by atoms with Crippen molar-refractivity contribution >= 4 is 0 Å². The molecule has 1 rings (SSSR count). The van der Waals surface area contributed by atoms with Crippen molar-refractivity contribution in [1.29, 1.82) is 0 Å². The Hall–Kier alpha value is -0.860. The van der Waals surface area contributed by atoms with E-state index in [2.05, 4.69) is 45.0 Å². The normalized spacial score (nSPS) is 14.6. The summed E-state index contributed by atoms with van der Waals surface area (Å²) in [6.45, 7) is 6.99. The van der Waals surface area contributed by atoms with Crippen LogP contribution in [0.4, 0.5) is 0 Å². The van der Waals surface area contributed by atoms with E-state index in [0.717, 1.165) is 18.4 Å². The number of hydrogen-bond donors (Lipinski definition) is 1. The Bertz CT molecular complexity index is 307. The number of nitrogens with two attached hydrogens (primary N) is 1. The van der Waals surface area contributed by atoms with Gasteiger partial charge in [-0.1, -0.05) is 44.5 Å². The molecule has 2 heteroatoms. The van der Waals surface area contributed by atoms with Crippen molar-refractivity contribution < 1.29 is 4.74 Å². The molecule has 2 atom stereocenters. The van der Waals surface area contributed by atoms with Crippen LogP contribution in [0.2, 0.25) is 0 Å². The highest BCUT2D eigenvalue weighted by Gasteiger charge is 2.08. The van der Waals surface area contributed by atoms with Crippen molar-refractivity contribution in [3.05, 3.63) is 35.4 Å². The molecular weight excluding hydrogens is 210 g/mol. The van der Waals surface area contributed by atoms with E-state index in [1.807, 2.05) is 0 Å². The molecule has 2 N–H and O–H groups in total. The molecular formula is C15H25NO. The Morgan fingerprint density at radius 3 is 2.35 bits per heavy atom. The Labute approximate surface area is 105 Å². The highest BCUT2D eigenvalue weighted by molar-refractivity contribution is 5.25. The molecule has 0 spiro atoms. The molecule has 0 aliphatic heterocycles. The van der Waals surface area contributed by atoms with Crippen LogP contribution >= 0.6 is 0 Å². The topological polar surface area (TPSA) is 35.2 Å². The van der Waals surface area contributed by atoms with E-state index in [0.29, 0.717) is 12.7 Å². The van der Waals surface area contributed by atoms with Gasteiger partial charge in [0, 0.05) is 0 Å². The minimum absolute atomic E-state index is 0.0142. The first kappa shape index (κ1) is 14.2. The second-order valence-corrected chi connectivity index (χ2v) is 4.65. The van der Waals surface area contributed by atoms with Gasteiger partial charge in [0.25, 0.3) is 0 Å². The predicted octanol–water partition coefficient (Wildman–Crippen LogP) is 3.45. The quantitative estimate of drug-likeness (QED) is 0.785. The summed E-state index contributed by atoms with van der Waals surface area (Å²) in [7, 11) is 0. The van der Waals surface area contributed by atoms with Crippen LogP contribution in [0, 0.1) is 0 Å². The predicted molar refractivity (Wildman–Crippen MR) is 73.1 cm³/mol. The van der Waals surface area contributed by atoms with Gasteiger partial charge in [-0.25, -0.2) is 0 Å². The van der Waals surface area contributed by atoms with Crippen LogP contribution in [0.15, 0.2) is 24.3 Å². The van der Waals surface area contributed by atoms with Crippen LogP contribution in [-0.2, 0) is 11.2 Å². The average Bonchev–Trinajstić information content (AvgIpc) is 2.36. The standard InChI is InChI=1S/C15H25NO/c1-4-6-13-7-9-14(10-8-13)15(16)11-17-12(3)5-2/h7-10,12,15H,4-6,11,16H2,1-3H3. The van der Waals surface area contributed by atoms with E-state index in [1.165, 1.54) is 12.0 Å². The molecule has 0 aromatic heterocycles. The molecule has 0 heterocycles. The zero-order chi connectivity index (χ0) is 12.7. The van der Waals surface area contributed by atoms with Gasteiger partial charge >= 0.3 is 0 Å². The lowest BCUT2D eigenvalue weighted by Crippen LogP contribution is -2.20. The van der Waals surface area contributed by atoms with Crippen molar-refractivity contribution in [3.63, 3.8) is 0 Å². The Balaban J connectivity index is 2.48. The maximum atomic E-state index is 6.10. The third-order valence-corrected chi connectivity index (χ3v) is 3.08. The van der Waals surface area contributed by atoms with Crippen LogP contribution < -0.4 is 5.73 Å². The largest absolute Gasteiger partial charge is 0.377 e. The molecule has 1 aromatic rings. The molecule has 96 valence electrons. The summed E-state index contributed by atoms with van der Waals surface area (Å²) in [6, 6.07) is 8.56. The van der Waals surface area contributed by atoms with Crippen LogP contribution in [0.5, 0.6) is 0 Å². The van der Waals surface area contributed by atoms with E-state index in [-0.39, 0.29) is 6.04 Å². The fourth-order valence-electron chi connectivity index (χ4n) is 1.70. The van der Waals surface area contributed by atoms with Crippen molar-refractivity contribution in [2.45, 2.75) is 52.2 Å². The van der Waals surface area contributed by atoms with E-state index < -0.39 is 0 Å². The molecule has 0 saturated carbocycles. The summed E-state index contributed by atoms with van der Waals surface area (Å²) in [4.78, 5) is 0. The first-order valence-corrected chi connectivity index (χ1v) is 6.63. The maximum absolute atomic E-state index is 6.10. The molecule has 2 unspecified atom stereocenters. The highest BCUT2D eigenvalue weighted by atomic mass is 16.5. The van der Waals surface area contributed by atoms with Crippen LogP contribution in [0.1, 0.15) is 50.8 Å². The van der Waals surface area contributed by atoms with E-state index in [1.54, 1.807) is 0 Å². The van der Waals surface area contributed by atoms with Crippen molar-refractivity contribution in [2.24, 2.45) is 5.73 Å². The number of aryl methyl sites for hydroxylation is 1. The summed E-state index contributed by atoms with van der Waals surface area (Å²) in [5.41, 5.74) is 8.64. The van der Waals surface area contributed by atoms with Gasteiger partial charge in [0.1, 0.15) is 0 Å². The molecule has 1 aromatic carbocycles. The SMILES string of the molecule is CCCc1ccc(C(N)COC(C)CC)cc1. The number of hydrogen-bond acceptors (Lipinski definition) is 2. The molecule has 0 bridgehead atoms. The summed E-state index contributed by atoms with van der Waals surface area (Å²) in [5, 5.41) is 0. The summed E-state index contributed by atoms with van der Waals surface area (Å²) >= 11 is 0. The second-order valence-electron chi connectivity index (χ2n) is 4.65. The van der Waals surface area contributed by atoms with Crippen molar-refractivity contribution in [1.82, 2.24) is 0 Å². The van der Waals surface area contributed by atoms with E-state index in [9.17, 15) is 0 Å². The van der Waals surface area contributed by atoms with Crippen LogP contribution in [0.3, 0.4) is 0 Å². The van der Waals surface area contributed by atoms with Crippen molar-refractivity contribution in [3.8, 4) is 0 Å². The van der Waals surface area contributed by atoms with E-state index >= 15 is 0 Å². The zero-order valence-corrected chi connectivity index (χ0v) is 11.3. The average molecular weight is 235 g/mol. The van der Waals surface area contributed by atoms with Crippen LogP contribution in [-0.4, -0.2) is 12.7 Å². The number of benzene rings is 1. The number of ether oxygens (including phenoxy) is 1. The number of rotatable bonds is 7. The molecule has 0 aliphatic rings. The molecule has 0 fully saturated rings. The third-order valence-electron chi connectivity index (χ3n) is 3.08. The summed E-state index contributed by atoms with van der Waals surface area (Å²) in [5.74, 6) is 0. The van der Waals surface area contributed by atoms with Gasteiger partial charge in [0.15, 0.2) is 0 Å². The van der Waals surface area contributed by atoms with Gasteiger partial charge in [-0.2, -0.15) is 0 Å². The fourth-order valence-corrected chi connectivity index (χ4v) is 1.70. The molecule has 17 heavy (non-hydrogen) atoms. The third kappa shape index (κ3) is 4.88. The van der Waals surface area contributed by atoms with Gasteiger partial charge in [0.05, 0.1) is 18.8 Å². The summed E-state index contributed by atoms with van der Waals surface area (Å²) in [6.07, 6.45) is 3.64. The Kier molecular flexibility index (Phi) is 6.23. The Morgan fingerprint density at radius 1 is 1.18 bits per heavy atom. The van der Waals surface area contributed by atoms with Crippen LogP contribution in [0.25, 0.3) is 0 Å². The highest BCUT2D eigenvalue weighted by Crippen LogP contribution is 2.14. The van der Waals surface area contributed by atoms with Crippen molar-refractivity contribution in [2.75, 3.05) is 6.61 Å². The first-order valence-electron chi connectivity index (χ1n) is 6.63. The smallest absolute Gasteiger partial charge is 0.0662 e. The molecule has 0 saturated heterocycles. The zero-order valence-electron chi connectivity index (χ0n) is 11.3. The summed E-state index contributed by atoms with van der Waals surface area (Å²) < 4.78 is 5.66. The molecule has 0 aliphatic carbocycles. The lowest BCUT2D eigenvalue weighted by atomic mass is 10.0. The van der Waals surface area contributed by atoms with Gasteiger partial charge in [-0.3, -0.25) is 0 Å². The first-order chi connectivity index (χ1) is 8.17. The minimum atomic E-state index is -0.0142. The monoisotopic (exact) mass is 235 g/mol. The molecule has 0 radical (unpaired) electrons.